The maximum Gasteiger partial charge on any atom is 0.0499 e. The van der Waals surface area contributed by atoms with Gasteiger partial charge in [-0.3, -0.25) is 0 Å². The Morgan fingerprint density at radius 3 is 1.94 bits per heavy atom. The number of aliphatic hydroxyl groups excluding tert-OH is 1. The van der Waals surface area contributed by atoms with E-state index in [1.807, 2.05) is 0 Å². The van der Waals surface area contributed by atoms with E-state index in [2.05, 4.69) is 4.90 Å². The molecule has 0 aromatic heterocycles. The van der Waals surface area contributed by atoms with E-state index in [0.29, 0.717) is 6.61 Å². The number of hydrogen-bond donors (Lipinski definition) is 1. The summed E-state index contributed by atoms with van der Waals surface area (Å²) in [5.74, 6) is 0. The number of likely N-dealkylation sites (tertiary alicyclic amines) is 1. The summed E-state index contributed by atoms with van der Waals surface area (Å²) in [7, 11) is 0. The van der Waals surface area contributed by atoms with Crippen LogP contribution in [0.3, 0.4) is 0 Å². The first-order chi connectivity index (χ1) is 7.85. The van der Waals surface area contributed by atoms with E-state index >= 15 is 0 Å². The van der Waals surface area contributed by atoms with Crippen LogP contribution in [-0.4, -0.2) is 36.2 Å². The Bertz CT molecular complexity index is 191. The molecule has 2 aliphatic rings. The number of hydrogen-bond acceptors (Lipinski definition) is 2. The van der Waals surface area contributed by atoms with Gasteiger partial charge in [0.2, 0.25) is 0 Å². The van der Waals surface area contributed by atoms with Crippen LogP contribution in [0, 0.1) is 5.41 Å². The van der Waals surface area contributed by atoms with Crippen molar-refractivity contribution in [1.82, 2.24) is 4.90 Å². The molecule has 2 heteroatoms. The lowest BCUT2D eigenvalue weighted by Gasteiger charge is -2.39. The van der Waals surface area contributed by atoms with E-state index in [-0.39, 0.29) is 5.41 Å². The summed E-state index contributed by atoms with van der Waals surface area (Å²) in [6, 6.07) is 0. The molecule has 1 aliphatic heterocycles. The molecular formula is C14H27NO. The van der Waals surface area contributed by atoms with Gasteiger partial charge >= 0.3 is 0 Å². The van der Waals surface area contributed by atoms with Crippen molar-refractivity contribution < 1.29 is 5.11 Å². The van der Waals surface area contributed by atoms with Gasteiger partial charge in [-0.05, 0) is 38.8 Å². The van der Waals surface area contributed by atoms with Gasteiger partial charge < -0.3 is 10.0 Å². The first-order valence-electron chi connectivity index (χ1n) is 7.18. The van der Waals surface area contributed by atoms with Crippen molar-refractivity contribution in [3.05, 3.63) is 0 Å². The molecule has 1 saturated heterocycles. The zero-order valence-electron chi connectivity index (χ0n) is 10.6. The van der Waals surface area contributed by atoms with Crippen molar-refractivity contribution in [1.29, 1.82) is 0 Å². The lowest BCUT2D eigenvalue weighted by atomic mass is 9.74. The number of nitrogens with zero attached hydrogens (tertiary/aromatic N) is 1. The van der Waals surface area contributed by atoms with E-state index in [1.54, 1.807) is 0 Å². The van der Waals surface area contributed by atoms with Crippen molar-refractivity contribution >= 4 is 0 Å². The molecule has 2 fully saturated rings. The highest BCUT2D eigenvalue weighted by atomic mass is 16.3. The normalized spacial score (nSPS) is 27.6. The third kappa shape index (κ3) is 3.21. The van der Waals surface area contributed by atoms with E-state index in [0.717, 1.165) is 6.54 Å². The third-order valence-corrected chi connectivity index (χ3v) is 4.51. The average Bonchev–Trinajstić information content (AvgIpc) is 2.59. The van der Waals surface area contributed by atoms with Crippen molar-refractivity contribution in [2.45, 2.75) is 57.8 Å². The Labute approximate surface area is 100 Å². The summed E-state index contributed by atoms with van der Waals surface area (Å²) in [4.78, 5) is 2.62. The average molecular weight is 225 g/mol. The molecule has 0 aromatic carbocycles. The predicted molar refractivity (Wildman–Crippen MR) is 67.5 cm³/mol. The molecule has 0 bridgehead atoms. The van der Waals surface area contributed by atoms with Crippen molar-refractivity contribution in [3.63, 3.8) is 0 Å². The lowest BCUT2D eigenvalue weighted by Crippen LogP contribution is -2.42. The SMILES string of the molecule is OCC1(CN2CCCCCC2)CCCCC1. The van der Waals surface area contributed by atoms with Crippen molar-refractivity contribution in [2.75, 3.05) is 26.2 Å². The third-order valence-electron chi connectivity index (χ3n) is 4.51. The second-order valence-electron chi connectivity index (χ2n) is 5.91. The highest BCUT2D eigenvalue weighted by Gasteiger charge is 2.33. The maximum atomic E-state index is 9.72. The summed E-state index contributed by atoms with van der Waals surface area (Å²) in [5.41, 5.74) is 0.253. The van der Waals surface area contributed by atoms with Gasteiger partial charge in [0, 0.05) is 18.6 Å². The fraction of sp³-hybridized carbons (Fsp3) is 1.00. The van der Waals surface area contributed by atoms with Crippen LogP contribution in [0.25, 0.3) is 0 Å². The van der Waals surface area contributed by atoms with Gasteiger partial charge in [-0.2, -0.15) is 0 Å². The Kier molecular flexibility index (Phi) is 4.66. The Balaban J connectivity index is 1.88. The summed E-state index contributed by atoms with van der Waals surface area (Å²) in [6.07, 6.45) is 12.1. The zero-order chi connectivity index (χ0) is 11.3. The second-order valence-corrected chi connectivity index (χ2v) is 5.91. The van der Waals surface area contributed by atoms with Gasteiger partial charge in [-0.25, -0.2) is 0 Å². The molecule has 0 aromatic rings. The molecule has 0 unspecified atom stereocenters. The van der Waals surface area contributed by atoms with Crippen LogP contribution in [0.5, 0.6) is 0 Å². The monoisotopic (exact) mass is 225 g/mol. The zero-order valence-corrected chi connectivity index (χ0v) is 10.6. The van der Waals surface area contributed by atoms with Crippen LogP contribution in [0.2, 0.25) is 0 Å². The summed E-state index contributed by atoms with van der Waals surface area (Å²) in [6.45, 7) is 4.09. The maximum absolute atomic E-state index is 9.72. The van der Waals surface area contributed by atoms with Crippen molar-refractivity contribution in [3.8, 4) is 0 Å². The molecule has 1 saturated carbocycles. The topological polar surface area (TPSA) is 23.5 Å². The Hall–Kier alpha value is -0.0800. The van der Waals surface area contributed by atoms with Crippen LogP contribution in [0.4, 0.5) is 0 Å². The fourth-order valence-corrected chi connectivity index (χ4v) is 3.44. The van der Waals surface area contributed by atoms with Crippen LogP contribution in [-0.2, 0) is 0 Å². The summed E-state index contributed by atoms with van der Waals surface area (Å²) >= 11 is 0. The molecule has 94 valence electrons. The predicted octanol–water partition coefficient (Wildman–Crippen LogP) is 2.81. The minimum Gasteiger partial charge on any atom is -0.396 e. The van der Waals surface area contributed by atoms with E-state index in [1.165, 1.54) is 70.9 Å². The quantitative estimate of drug-likeness (QED) is 0.798. The fourth-order valence-electron chi connectivity index (χ4n) is 3.44. The molecule has 0 amide bonds. The van der Waals surface area contributed by atoms with Crippen LogP contribution >= 0.6 is 0 Å². The first-order valence-corrected chi connectivity index (χ1v) is 7.18. The molecule has 2 nitrogen and oxygen atoms in total. The molecule has 1 heterocycles. The van der Waals surface area contributed by atoms with Gasteiger partial charge in [-0.1, -0.05) is 32.1 Å². The molecule has 2 rings (SSSR count). The smallest absolute Gasteiger partial charge is 0.0499 e. The largest absolute Gasteiger partial charge is 0.396 e. The van der Waals surface area contributed by atoms with E-state index in [9.17, 15) is 5.11 Å². The van der Waals surface area contributed by atoms with Gasteiger partial charge in [0.1, 0.15) is 0 Å². The molecule has 0 radical (unpaired) electrons. The molecule has 0 atom stereocenters. The Morgan fingerprint density at radius 1 is 0.812 bits per heavy atom. The van der Waals surface area contributed by atoms with Crippen molar-refractivity contribution in [2.24, 2.45) is 5.41 Å². The molecule has 1 aliphatic carbocycles. The van der Waals surface area contributed by atoms with Gasteiger partial charge in [0.05, 0.1) is 0 Å². The lowest BCUT2D eigenvalue weighted by molar-refractivity contribution is 0.0415. The van der Waals surface area contributed by atoms with Gasteiger partial charge in [0.25, 0.3) is 0 Å². The van der Waals surface area contributed by atoms with E-state index in [4.69, 9.17) is 0 Å². The summed E-state index contributed by atoms with van der Waals surface area (Å²) in [5, 5.41) is 9.72. The molecular weight excluding hydrogens is 198 g/mol. The number of rotatable bonds is 3. The molecule has 1 N–H and O–H groups in total. The van der Waals surface area contributed by atoms with Crippen LogP contribution < -0.4 is 0 Å². The Morgan fingerprint density at radius 2 is 1.38 bits per heavy atom. The van der Waals surface area contributed by atoms with Crippen LogP contribution in [0.15, 0.2) is 0 Å². The molecule has 16 heavy (non-hydrogen) atoms. The summed E-state index contributed by atoms with van der Waals surface area (Å²) < 4.78 is 0. The van der Waals surface area contributed by atoms with Crippen LogP contribution in [0.1, 0.15) is 57.8 Å². The second kappa shape index (κ2) is 6.02. The minimum absolute atomic E-state index is 0.253. The van der Waals surface area contributed by atoms with E-state index < -0.39 is 0 Å². The van der Waals surface area contributed by atoms with Gasteiger partial charge in [-0.15, -0.1) is 0 Å². The highest BCUT2D eigenvalue weighted by molar-refractivity contribution is 4.85. The number of aliphatic hydroxyl groups is 1. The highest BCUT2D eigenvalue weighted by Crippen LogP contribution is 2.36. The first kappa shape index (κ1) is 12.4. The minimum atomic E-state index is 0.253. The van der Waals surface area contributed by atoms with Gasteiger partial charge in [0.15, 0.2) is 0 Å². The standard InChI is InChI=1S/C14H27NO/c16-13-14(8-4-3-5-9-14)12-15-10-6-1-2-7-11-15/h16H,1-13H2. The molecule has 0 spiro atoms.